The number of alkyl halides is 3. The normalized spacial score (nSPS) is 14.9. The number of imidazole rings is 1. The average molecular weight is 597 g/mol. The number of fused-ring (bicyclic) bond motifs is 1. The van der Waals surface area contributed by atoms with Crippen molar-refractivity contribution in [1.29, 1.82) is 5.26 Å². The van der Waals surface area contributed by atoms with Crippen LogP contribution in [-0.2, 0) is 16.0 Å². The molecule has 6 nitrogen and oxygen atoms in total. The molecule has 0 saturated carbocycles. The molecule has 42 heavy (non-hydrogen) atoms. The third kappa shape index (κ3) is 6.10. The van der Waals surface area contributed by atoms with Gasteiger partial charge in [0.15, 0.2) is 9.84 Å². The van der Waals surface area contributed by atoms with E-state index in [2.05, 4.69) is 16.0 Å². The number of piperidine rings is 1. The lowest BCUT2D eigenvalue weighted by Gasteiger charge is -2.30. The first-order valence-corrected chi connectivity index (χ1v) is 15.1. The summed E-state index contributed by atoms with van der Waals surface area (Å²) in [5.74, 6) is -1.14. The van der Waals surface area contributed by atoms with Gasteiger partial charge in [0.25, 0.3) is 0 Å². The van der Waals surface area contributed by atoms with Crippen molar-refractivity contribution in [2.75, 3.05) is 19.0 Å². The Labute approximate surface area is 241 Å². The molecule has 218 valence electrons. The highest BCUT2D eigenvalue weighted by Gasteiger charge is 2.35. The largest absolute Gasteiger partial charge is 0.419 e. The predicted molar refractivity (Wildman–Crippen MR) is 153 cm³/mol. The van der Waals surface area contributed by atoms with Crippen LogP contribution < -0.4 is 0 Å². The topological polar surface area (TPSA) is 89.8 Å². The second-order valence-corrected chi connectivity index (χ2v) is 13.2. The number of H-pyrrole nitrogens is 1. The highest BCUT2D eigenvalue weighted by molar-refractivity contribution is 7.91. The van der Waals surface area contributed by atoms with E-state index in [1.165, 1.54) is 0 Å². The van der Waals surface area contributed by atoms with Crippen LogP contribution >= 0.6 is 0 Å². The van der Waals surface area contributed by atoms with Gasteiger partial charge in [-0.05, 0) is 61.6 Å². The number of aromatic nitrogens is 2. The predicted octanol–water partition coefficient (Wildman–Crippen LogP) is 6.94. The molecule has 1 fully saturated rings. The number of rotatable bonds is 6. The van der Waals surface area contributed by atoms with Crippen molar-refractivity contribution in [1.82, 2.24) is 14.9 Å². The van der Waals surface area contributed by atoms with Crippen LogP contribution in [0.1, 0.15) is 49.2 Å². The highest BCUT2D eigenvalue weighted by atomic mass is 32.2. The van der Waals surface area contributed by atoms with Crippen LogP contribution in [0, 0.1) is 17.1 Å². The number of sulfone groups is 1. The molecule has 0 aliphatic carbocycles. The summed E-state index contributed by atoms with van der Waals surface area (Å²) in [5, 5.41) is 8.76. The summed E-state index contributed by atoms with van der Waals surface area (Å²) in [4.78, 5) is 9.34. The number of aromatic amines is 1. The second kappa shape index (κ2) is 11.3. The zero-order valence-corrected chi connectivity index (χ0v) is 23.8. The Morgan fingerprint density at radius 1 is 1.05 bits per heavy atom. The molecule has 4 aromatic rings. The van der Waals surface area contributed by atoms with Crippen molar-refractivity contribution in [3.63, 3.8) is 0 Å². The molecule has 1 aliphatic heterocycles. The number of nitriles is 1. The number of hydrogen-bond donors (Lipinski definition) is 1. The molecule has 5 rings (SSSR count). The van der Waals surface area contributed by atoms with Crippen LogP contribution in [0.15, 0.2) is 66.2 Å². The second-order valence-electron chi connectivity index (χ2n) is 10.6. The van der Waals surface area contributed by atoms with Crippen LogP contribution in [0.2, 0.25) is 0 Å². The van der Waals surface area contributed by atoms with E-state index in [0.29, 0.717) is 42.9 Å². The SMILES string of the molecule is CC(C)S(=O)(=O)CN1CCC(=C(c2ccc(-c3cccc(C#N)c3)cc2)c2nc3cc(F)c(C(F)(F)F)cc3[nH]2)CC1. The highest BCUT2D eigenvalue weighted by Crippen LogP contribution is 2.36. The Morgan fingerprint density at radius 2 is 1.74 bits per heavy atom. The monoisotopic (exact) mass is 596 g/mol. The van der Waals surface area contributed by atoms with E-state index in [1.54, 1.807) is 32.0 Å². The summed E-state index contributed by atoms with van der Waals surface area (Å²) >= 11 is 0. The van der Waals surface area contributed by atoms with Gasteiger partial charge in [0.1, 0.15) is 17.5 Å². The lowest BCUT2D eigenvalue weighted by molar-refractivity contribution is -0.139. The Hall–Kier alpha value is -4.01. The summed E-state index contributed by atoms with van der Waals surface area (Å²) in [6, 6.07) is 18.4. The number of halogens is 4. The fraction of sp³-hybridized carbons (Fsp3) is 0.290. The van der Waals surface area contributed by atoms with E-state index >= 15 is 0 Å². The number of nitrogens with one attached hydrogen (secondary N) is 1. The van der Waals surface area contributed by atoms with Gasteiger partial charge in [0.05, 0.1) is 33.5 Å². The minimum absolute atomic E-state index is 0.0477. The molecule has 1 saturated heterocycles. The summed E-state index contributed by atoms with van der Waals surface area (Å²) in [5.41, 5.74) is 3.40. The van der Waals surface area contributed by atoms with Crippen molar-refractivity contribution in [2.45, 2.75) is 38.1 Å². The van der Waals surface area contributed by atoms with Crippen LogP contribution in [0.25, 0.3) is 27.7 Å². The molecule has 0 spiro atoms. The number of benzene rings is 3. The molecule has 0 bridgehead atoms. The first kappa shape index (κ1) is 29.5. The quantitative estimate of drug-likeness (QED) is 0.244. The third-order valence-electron chi connectivity index (χ3n) is 7.51. The van der Waals surface area contributed by atoms with E-state index in [-0.39, 0.29) is 16.9 Å². The maximum absolute atomic E-state index is 14.3. The molecule has 1 aliphatic rings. The molecular formula is C31H28F4N4O2S. The Kier molecular flexibility index (Phi) is 7.96. The van der Waals surface area contributed by atoms with Crippen LogP contribution in [0.5, 0.6) is 0 Å². The molecule has 1 N–H and O–H groups in total. The van der Waals surface area contributed by atoms with Crippen molar-refractivity contribution in [2.24, 2.45) is 0 Å². The minimum atomic E-state index is -4.85. The van der Waals surface area contributed by atoms with Gasteiger partial charge in [-0.1, -0.05) is 42.0 Å². The lowest BCUT2D eigenvalue weighted by Crippen LogP contribution is -2.37. The molecule has 2 heterocycles. The van der Waals surface area contributed by atoms with Gasteiger partial charge in [0.2, 0.25) is 0 Å². The van der Waals surface area contributed by atoms with Gasteiger partial charge in [0, 0.05) is 24.7 Å². The van der Waals surface area contributed by atoms with Gasteiger partial charge in [-0.25, -0.2) is 17.8 Å². The zero-order chi connectivity index (χ0) is 30.2. The Bertz CT molecular complexity index is 1810. The van der Waals surface area contributed by atoms with Gasteiger partial charge in [-0.2, -0.15) is 18.4 Å². The average Bonchev–Trinajstić information content (AvgIpc) is 3.35. The lowest BCUT2D eigenvalue weighted by atomic mass is 9.91. The van der Waals surface area contributed by atoms with E-state index in [9.17, 15) is 31.2 Å². The summed E-state index contributed by atoms with van der Waals surface area (Å²) in [6.07, 6.45) is -3.81. The van der Waals surface area contributed by atoms with Crippen molar-refractivity contribution in [3.8, 4) is 17.2 Å². The van der Waals surface area contributed by atoms with Gasteiger partial charge < -0.3 is 4.98 Å². The van der Waals surface area contributed by atoms with E-state index in [0.717, 1.165) is 34.4 Å². The van der Waals surface area contributed by atoms with Crippen molar-refractivity contribution < 1.29 is 26.0 Å². The van der Waals surface area contributed by atoms with E-state index in [1.807, 2.05) is 35.2 Å². The smallest absolute Gasteiger partial charge is 0.338 e. The zero-order valence-electron chi connectivity index (χ0n) is 23.0. The molecule has 11 heteroatoms. The van der Waals surface area contributed by atoms with Crippen LogP contribution in [0.3, 0.4) is 0 Å². The van der Waals surface area contributed by atoms with Crippen molar-refractivity contribution >= 4 is 26.4 Å². The Balaban J connectivity index is 1.56. The van der Waals surface area contributed by atoms with E-state index in [4.69, 9.17) is 0 Å². The standard InChI is InChI=1S/C31H28F4N4O2S/c1-19(2)42(40,41)18-39-12-10-23(11-13-39)29(22-8-6-21(7-9-22)24-5-3-4-20(14-24)17-36)30-37-27-15-25(31(33,34)35)26(32)16-28(27)38-30/h3-9,14-16,19H,10-13,18H2,1-2H3,(H,37,38). The fourth-order valence-corrected chi connectivity index (χ4v) is 6.14. The molecular weight excluding hydrogens is 568 g/mol. The number of nitrogens with zero attached hydrogens (tertiary/aromatic N) is 3. The van der Waals surface area contributed by atoms with Crippen molar-refractivity contribution in [3.05, 3.63) is 94.6 Å². The van der Waals surface area contributed by atoms with E-state index < -0.39 is 32.6 Å². The van der Waals surface area contributed by atoms with Gasteiger partial charge >= 0.3 is 6.18 Å². The molecule has 0 atom stereocenters. The summed E-state index contributed by atoms with van der Waals surface area (Å²) < 4.78 is 79.4. The van der Waals surface area contributed by atoms with Gasteiger partial charge in [-0.3, -0.25) is 4.90 Å². The molecule has 0 radical (unpaired) electrons. The molecule has 1 aromatic heterocycles. The molecule has 0 amide bonds. The van der Waals surface area contributed by atoms with Crippen LogP contribution in [0.4, 0.5) is 17.6 Å². The first-order chi connectivity index (χ1) is 19.9. The van der Waals surface area contributed by atoms with Crippen LogP contribution in [-0.4, -0.2) is 47.5 Å². The molecule has 0 unspecified atom stereocenters. The fourth-order valence-electron chi connectivity index (χ4n) is 5.08. The third-order valence-corrected chi connectivity index (χ3v) is 9.67. The summed E-state index contributed by atoms with van der Waals surface area (Å²) in [7, 11) is -3.27. The number of likely N-dealkylation sites (tertiary alicyclic amines) is 1. The maximum Gasteiger partial charge on any atom is 0.419 e. The molecule has 3 aromatic carbocycles. The summed E-state index contributed by atoms with van der Waals surface area (Å²) in [6.45, 7) is 4.27. The maximum atomic E-state index is 14.3. The number of hydrogen-bond acceptors (Lipinski definition) is 5. The van der Waals surface area contributed by atoms with Gasteiger partial charge in [-0.15, -0.1) is 0 Å². The Morgan fingerprint density at radius 3 is 2.36 bits per heavy atom. The first-order valence-electron chi connectivity index (χ1n) is 13.4. The minimum Gasteiger partial charge on any atom is -0.338 e.